The molecule has 23 heavy (non-hydrogen) atoms. The van der Waals surface area contributed by atoms with Crippen LogP contribution in [-0.4, -0.2) is 45.9 Å². The number of nitrogens with zero attached hydrogens (tertiary/aromatic N) is 3. The molecule has 3 rings (SSSR count). The Morgan fingerprint density at radius 3 is 2.83 bits per heavy atom. The maximum Gasteiger partial charge on any atom is 0.223 e. The minimum absolute atomic E-state index is 0.0837. The van der Waals surface area contributed by atoms with E-state index in [-0.39, 0.29) is 5.54 Å². The third kappa shape index (κ3) is 3.77. The molecular weight excluding hydrogens is 306 g/mol. The monoisotopic (exact) mass is 335 g/mol. The number of hydrogen-bond donors (Lipinski definition) is 0. The van der Waals surface area contributed by atoms with Crippen LogP contribution in [0.25, 0.3) is 0 Å². The molecule has 1 aromatic heterocycles. The molecule has 0 bridgehead atoms. The molecule has 5 heteroatoms. The zero-order chi connectivity index (χ0) is 16.4. The number of rotatable bonds is 4. The lowest BCUT2D eigenvalue weighted by molar-refractivity contribution is -0.132. The first kappa shape index (κ1) is 16.9. The smallest absolute Gasteiger partial charge is 0.223 e. The molecule has 4 nitrogen and oxygen atoms in total. The van der Waals surface area contributed by atoms with Crippen molar-refractivity contribution in [3.8, 4) is 0 Å². The molecule has 128 valence electrons. The molecule has 1 amide bonds. The number of likely N-dealkylation sites (tertiary alicyclic amines) is 2. The largest absolute Gasteiger partial charge is 0.331 e. The van der Waals surface area contributed by atoms with Crippen LogP contribution in [0.1, 0.15) is 56.7 Å². The molecule has 1 atom stereocenters. The minimum atomic E-state index is 0.0837. The van der Waals surface area contributed by atoms with Crippen LogP contribution >= 0.6 is 11.3 Å². The maximum absolute atomic E-state index is 12.5. The zero-order valence-electron chi connectivity index (χ0n) is 14.7. The summed E-state index contributed by atoms with van der Waals surface area (Å²) in [5.74, 6) is 1.04. The highest BCUT2D eigenvalue weighted by Gasteiger charge is 2.45. The number of carbonyl (C=O) groups is 1. The number of aromatic nitrogens is 1. The zero-order valence-corrected chi connectivity index (χ0v) is 15.5. The van der Waals surface area contributed by atoms with E-state index in [0.29, 0.717) is 24.8 Å². The van der Waals surface area contributed by atoms with Gasteiger partial charge in [0, 0.05) is 30.4 Å². The Bertz CT molecular complexity index is 556. The molecular formula is C18H29N3OS. The van der Waals surface area contributed by atoms with Crippen LogP contribution in [0.3, 0.4) is 0 Å². The minimum Gasteiger partial charge on any atom is -0.331 e. The summed E-state index contributed by atoms with van der Waals surface area (Å²) in [7, 11) is 0. The molecule has 2 saturated heterocycles. The van der Waals surface area contributed by atoms with Crippen molar-refractivity contribution in [3.63, 3.8) is 0 Å². The summed E-state index contributed by atoms with van der Waals surface area (Å²) < 4.78 is 0. The van der Waals surface area contributed by atoms with Gasteiger partial charge in [0.1, 0.15) is 0 Å². The average Bonchev–Trinajstić information content (AvgIpc) is 2.95. The average molecular weight is 336 g/mol. The Morgan fingerprint density at radius 1 is 1.30 bits per heavy atom. The van der Waals surface area contributed by atoms with E-state index in [1.807, 2.05) is 6.92 Å². The topological polar surface area (TPSA) is 36.4 Å². The predicted octanol–water partition coefficient (Wildman–Crippen LogP) is 3.45. The van der Waals surface area contributed by atoms with Crippen molar-refractivity contribution in [1.29, 1.82) is 0 Å². The van der Waals surface area contributed by atoms with E-state index in [9.17, 15) is 4.79 Å². The van der Waals surface area contributed by atoms with Crippen LogP contribution in [0.15, 0.2) is 5.38 Å². The summed E-state index contributed by atoms with van der Waals surface area (Å²) in [4.78, 5) is 21.9. The molecule has 3 heterocycles. The van der Waals surface area contributed by atoms with Gasteiger partial charge in [-0.15, -0.1) is 11.3 Å². The first-order chi connectivity index (χ1) is 11.0. The Labute approximate surface area is 143 Å². The molecule has 2 fully saturated rings. The van der Waals surface area contributed by atoms with E-state index < -0.39 is 0 Å². The molecule has 0 saturated carbocycles. The van der Waals surface area contributed by atoms with Gasteiger partial charge in [-0.25, -0.2) is 4.98 Å². The summed E-state index contributed by atoms with van der Waals surface area (Å²) in [5.41, 5.74) is 1.14. The first-order valence-corrected chi connectivity index (χ1v) is 9.80. The van der Waals surface area contributed by atoms with Gasteiger partial charge in [-0.1, -0.05) is 13.8 Å². The Balaban J connectivity index is 1.72. The van der Waals surface area contributed by atoms with Gasteiger partial charge in [0.15, 0.2) is 0 Å². The Kier molecular flexibility index (Phi) is 5.07. The van der Waals surface area contributed by atoms with Crippen LogP contribution < -0.4 is 0 Å². The van der Waals surface area contributed by atoms with Crippen molar-refractivity contribution in [2.75, 3.05) is 19.6 Å². The molecule has 0 radical (unpaired) electrons. The maximum atomic E-state index is 12.5. The normalized spacial score (nSPS) is 26.4. The van der Waals surface area contributed by atoms with Crippen LogP contribution in [-0.2, 0) is 11.3 Å². The standard InChI is InChI=1S/C18H29N3OS/c1-14(2)11-20-9-4-6-18(8-10-20)7-5-17(22)21(18)12-16-13-23-15(3)19-16/h13-14H,4-12H2,1-3H3/t18-/m0/s1. The molecule has 0 unspecified atom stereocenters. The highest BCUT2D eigenvalue weighted by atomic mass is 32.1. The number of carbonyl (C=O) groups excluding carboxylic acids is 1. The molecule has 0 aliphatic carbocycles. The van der Waals surface area contributed by atoms with Crippen molar-refractivity contribution >= 4 is 17.2 Å². The lowest BCUT2D eigenvalue weighted by Gasteiger charge is -2.38. The van der Waals surface area contributed by atoms with Gasteiger partial charge in [0.25, 0.3) is 0 Å². The summed E-state index contributed by atoms with van der Waals surface area (Å²) in [6.45, 7) is 10.8. The third-order valence-corrected chi connectivity index (χ3v) is 6.12. The third-order valence-electron chi connectivity index (χ3n) is 5.30. The summed E-state index contributed by atoms with van der Waals surface area (Å²) >= 11 is 1.68. The van der Waals surface area contributed by atoms with Crippen molar-refractivity contribution in [2.24, 2.45) is 5.92 Å². The molecule has 0 aromatic carbocycles. The van der Waals surface area contributed by atoms with Gasteiger partial charge >= 0.3 is 0 Å². The SMILES string of the molecule is Cc1nc(CN2C(=O)CC[C@]23CCCN(CC(C)C)CC3)cs1. The summed E-state index contributed by atoms with van der Waals surface area (Å²) in [6.07, 6.45) is 5.22. The second kappa shape index (κ2) is 6.89. The molecule has 0 N–H and O–H groups in total. The highest BCUT2D eigenvalue weighted by molar-refractivity contribution is 7.09. The Morgan fingerprint density at radius 2 is 2.13 bits per heavy atom. The lowest BCUT2D eigenvalue weighted by Crippen LogP contribution is -2.46. The van der Waals surface area contributed by atoms with Crippen molar-refractivity contribution in [1.82, 2.24) is 14.8 Å². The second-order valence-corrected chi connectivity index (χ2v) is 8.67. The molecule has 1 spiro atoms. The fourth-order valence-electron chi connectivity index (χ4n) is 4.23. The van der Waals surface area contributed by atoms with Gasteiger partial charge in [0.05, 0.1) is 17.2 Å². The molecule has 1 aromatic rings. The second-order valence-electron chi connectivity index (χ2n) is 7.61. The highest BCUT2D eigenvalue weighted by Crippen LogP contribution is 2.40. The van der Waals surface area contributed by atoms with Gasteiger partial charge in [0.2, 0.25) is 5.91 Å². The van der Waals surface area contributed by atoms with Gasteiger partial charge in [-0.2, -0.15) is 0 Å². The van der Waals surface area contributed by atoms with Crippen LogP contribution in [0.5, 0.6) is 0 Å². The van der Waals surface area contributed by atoms with Crippen molar-refractivity contribution < 1.29 is 4.79 Å². The van der Waals surface area contributed by atoms with E-state index in [1.165, 1.54) is 19.5 Å². The number of thiazole rings is 1. The number of amides is 1. The van der Waals surface area contributed by atoms with Gasteiger partial charge in [-0.3, -0.25) is 4.79 Å². The van der Waals surface area contributed by atoms with Crippen LogP contribution in [0, 0.1) is 12.8 Å². The lowest BCUT2D eigenvalue weighted by atomic mass is 9.87. The Hall–Kier alpha value is -0.940. The molecule has 2 aliphatic rings. The van der Waals surface area contributed by atoms with E-state index in [2.05, 4.69) is 34.0 Å². The first-order valence-electron chi connectivity index (χ1n) is 8.92. The fourth-order valence-corrected chi connectivity index (χ4v) is 4.83. The molecule has 2 aliphatic heterocycles. The van der Waals surface area contributed by atoms with Gasteiger partial charge in [-0.05, 0) is 45.1 Å². The van der Waals surface area contributed by atoms with Crippen LogP contribution in [0.4, 0.5) is 0 Å². The predicted molar refractivity (Wildman–Crippen MR) is 94.5 cm³/mol. The quantitative estimate of drug-likeness (QED) is 0.845. The summed E-state index contributed by atoms with van der Waals surface area (Å²) in [6, 6.07) is 0. The van der Waals surface area contributed by atoms with E-state index in [1.54, 1.807) is 11.3 Å². The number of aryl methyl sites for hydroxylation is 1. The van der Waals surface area contributed by atoms with Gasteiger partial charge < -0.3 is 9.80 Å². The van der Waals surface area contributed by atoms with Crippen LogP contribution in [0.2, 0.25) is 0 Å². The van der Waals surface area contributed by atoms with E-state index >= 15 is 0 Å². The van der Waals surface area contributed by atoms with E-state index in [4.69, 9.17) is 0 Å². The number of hydrogen-bond acceptors (Lipinski definition) is 4. The summed E-state index contributed by atoms with van der Waals surface area (Å²) in [5, 5.41) is 3.20. The van der Waals surface area contributed by atoms with Crippen molar-refractivity contribution in [2.45, 2.75) is 65.0 Å². The van der Waals surface area contributed by atoms with E-state index in [0.717, 1.165) is 36.5 Å². The fraction of sp³-hybridized carbons (Fsp3) is 0.778. The van der Waals surface area contributed by atoms with Crippen molar-refractivity contribution in [3.05, 3.63) is 16.1 Å².